The normalized spacial score (nSPS) is 12.0. The van der Waals surface area contributed by atoms with Gasteiger partial charge in [0.05, 0.1) is 0 Å². The summed E-state index contributed by atoms with van der Waals surface area (Å²) in [6.45, 7) is 13.3. The Balaban J connectivity index is 3.74. The summed E-state index contributed by atoms with van der Waals surface area (Å²) in [5.74, 6) is 1.61. The number of aliphatic hydroxyl groups excluding tert-OH is 1. The Morgan fingerprint density at radius 2 is 1.22 bits per heavy atom. The topological polar surface area (TPSA) is 23.5 Å². The fourth-order valence-corrected chi connectivity index (χ4v) is 2.02. The lowest BCUT2D eigenvalue weighted by Gasteiger charge is -2.24. The number of hydrogen-bond donors (Lipinski definition) is 1. The van der Waals surface area contributed by atoms with Crippen LogP contribution in [0.2, 0.25) is 0 Å². The Bertz CT molecular complexity index is 156. The molecule has 0 amide bonds. The standard InChI is InChI=1S/C16H35NO/c1-15(2)9-12-17(13-10-16(3)4)11-7-5-6-8-14-18/h15-16,18H,5-14H2,1-4H3. The summed E-state index contributed by atoms with van der Waals surface area (Å²) in [7, 11) is 0. The molecule has 0 bridgehead atoms. The fourth-order valence-electron chi connectivity index (χ4n) is 2.02. The Hall–Kier alpha value is -0.0800. The maximum absolute atomic E-state index is 8.75. The van der Waals surface area contributed by atoms with Crippen LogP contribution in [0.3, 0.4) is 0 Å². The Morgan fingerprint density at radius 1 is 0.722 bits per heavy atom. The number of rotatable bonds is 12. The summed E-state index contributed by atoms with van der Waals surface area (Å²) < 4.78 is 0. The van der Waals surface area contributed by atoms with E-state index in [1.54, 1.807) is 0 Å². The molecule has 0 heterocycles. The highest BCUT2D eigenvalue weighted by atomic mass is 16.2. The maximum atomic E-state index is 8.75. The summed E-state index contributed by atoms with van der Waals surface area (Å²) in [6.07, 6.45) is 7.33. The quantitative estimate of drug-likeness (QED) is 0.535. The molecule has 0 saturated carbocycles. The van der Waals surface area contributed by atoms with Crippen molar-refractivity contribution < 1.29 is 5.11 Å². The molecule has 0 spiro atoms. The van der Waals surface area contributed by atoms with Gasteiger partial charge in [-0.25, -0.2) is 0 Å². The van der Waals surface area contributed by atoms with Crippen LogP contribution in [0, 0.1) is 11.8 Å². The summed E-state index contributed by atoms with van der Waals surface area (Å²) in [6, 6.07) is 0. The first-order valence-electron chi connectivity index (χ1n) is 7.89. The highest BCUT2D eigenvalue weighted by Crippen LogP contribution is 2.08. The van der Waals surface area contributed by atoms with E-state index in [-0.39, 0.29) is 0 Å². The molecule has 0 unspecified atom stereocenters. The minimum Gasteiger partial charge on any atom is -0.396 e. The molecular formula is C16H35NO. The summed E-state index contributed by atoms with van der Waals surface area (Å²) in [5, 5.41) is 8.75. The van der Waals surface area contributed by atoms with Gasteiger partial charge < -0.3 is 10.0 Å². The molecule has 0 saturated heterocycles. The third-order valence-corrected chi connectivity index (χ3v) is 3.43. The van der Waals surface area contributed by atoms with E-state index in [4.69, 9.17) is 5.11 Å². The number of aliphatic hydroxyl groups is 1. The van der Waals surface area contributed by atoms with Crippen LogP contribution < -0.4 is 0 Å². The monoisotopic (exact) mass is 257 g/mol. The predicted molar refractivity (Wildman–Crippen MR) is 80.9 cm³/mol. The van der Waals surface area contributed by atoms with E-state index >= 15 is 0 Å². The lowest BCUT2D eigenvalue weighted by Crippen LogP contribution is -2.28. The minimum absolute atomic E-state index is 0.352. The van der Waals surface area contributed by atoms with Crippen LogP contribution in [0.25, 0.3) is 0 Å². The largest absolute Gasteiger partial charge is 0.396 e. The molecule has 2 heteroatoms. The van der Waals surface area contributed by atoms with Gasteiger partial charge in [-0.3, -0.25) is 0 Å². The molecule has 0 aromatic heterocycles. The minimum atomic E-state index is 0.352. The van der Waals surface area contributed by atoms with Crippen molar-refractivity contribution in [1.82, 2.24) is 4.90 Å². The molecule has 0 aliphatic carbocycles. The third kappa shape index (κ3) is 12.4. The zero-order valence-corrected chi connectivity index (χ0v) is 13.1. The second-order valence-electron chi connectivity index (χ2n) is 6.34. The zero-order valence-electron chi connectivity index (χ0n) is 13.1. The summed E-state index contributed by atoms with van der Waals surface area (Å²) in [5.41, 5.74) is 0. The average Bonchev–Trinajstić information content (AvgIpc) is 2.30. The first-order chi connectivity index (χ1) is 8.56. The summed E-state index contributed by atoms with van der Waals surface area (Å²) in [4.78, 5) is 2.64. The second-order valence-corrected chi connectivity index (χ2v) is 6.34. The molecule has 0 radical (unpaired) electrons. The third-order valence-electron chi connectivity index (χ3n) is 3.43. The Kier molecular flexibility index (Phi) is 11.9. The molecule has 0 fully saturated rings. The highest BCUT2D eigenvalue weighted by molar-refractivity contribution is 4.61. The van der Waals surface area contributed by atoms with E-state index in [0.717, 1.165) is 18.3 Å². The molecule has 0 aromatic carbocycles. The van der Waals surface area contributed by atoms with Crippen LogP contribution in [0.4, 0.5) is 0 Å². The first-order valence-corrected chi connectivity index (χ1v) is 7.89. The van der Waals surface area contributed by atoms with E-state index in [1.807, 2.05) is 0 Å². The molecule has 0 aliphatic rings. The Labute approximate surface area is 115 Å². The van der Waals surface area contributed by atoms with E-state index in [2.05, 4.69) is 32.6 Å². The van der Waals surface area contributed by atoms with Gasteiger partial charge >= 0.3 is 0 Å². The Morgan fingerprint density at radius 3 is 1.67 bits per heavy atom. The van der Waals surface area contributed by atoms with Gasteiger partial charge in [0.25, 0.3) is 0 Å². The predicted octanol–water partition coefficient (Wildman–Crippen LogP) is 3.93. The van der Waals surface area contributed by atoms with Gasteiger partial charge in [0.15, 0.2) is 0 Å². The van der Waals surface area contributed by atoms with Gasteiger partial charge in [-0.1, -0.05) is 40.5 Å². The van der Waals surface area contributed by atoms with Gasteiger partial charge in [0, 0.05) is 6.61 Å². The number of unbranched alkanes of at least 4 members (excludes halogenated alkanes) is 3. The summed E-state index contributed by atoms with van der Waals surface area (Å²) >= 11 is 0. The van der Waals surface area contributed by atoms with Crippen LogP contribution in [-0.4, -0.2) is 36.2 Å². The molecule has 0 aliphatic heterocycles. The molecule has 0 rings (SSSR count). The number of hydrogen-bond acceptors (Lipinski definition) is 2. The second kappa shape index (κ2) is 12.0. The van der Waals surface area contributed by atoms with Crippen molar-refractivity contribution in [3.05, 3.63) is 0 Å². The first kappa shape index (κ1) is 17.9. The maximum Gasteiger partial charge on any atom is 0.0431 e. The van der Waals surface area contributed by atoms with Crippen LogP contribution >= 0.6 is 0 Å². The lowest BCUT2D eigenvalue weighted by atomic mass is 10.1. The molecular weight excluding hydrogens is 222 g/mol. The number of nitrogens with zero attached hydrogens (tertiary/aromatic N) is 1. The van der Waals surface area contributed by atoms with Gasteiger partial charge in [-0.15, -0.1) is 0 Å². The zero-order chi connectivity index (χ0) is 13.8. The van der Waals surface area contributed by atoms with Gasteiger partial charge in [-0.2, -0.15) is 0 Å². The lowest BCUT2D eigenvalue weighted by molar-refractivity contribution is 0.235. The van der Waals surface area contributed by atoms with Crippen molar-refractivity contribution in [3.8, 4) is 0 Å². The van der Waals surface area contributed by atoms with Crippen LogP contribution in [0.5, 0.6) is 0 Å². The van der Waals surface area contributed by atoms with Crippen LogP contribution in [0.1, 0.15) is 66.2 Å². The van der Waals surface area contributed by atoms with Crippen molar-refractivity contribution in [2.45, 2.75) is 66.2 Å². The van der Waals surface area contributed by atoms with E-state index in [1.165, 1.54) is 51.7 Å². The molecule has 2 nitrogen and oxygen atoms in total. The van der Waals surface area contributed by atoms with E-state index in [0.29, 0.717) is 6.61 Å². The highest BCUT2D eigenvalue weighted by Gasteiger charge is 2.07. The molecule has 0 atom stereocenters. The van der Waals surface area contributed by atoms with Crippen molar-refractivity contribution >= 4 is 0 Å². The van der Waals surface area contributed by atoms with Crippen LogP contribution in [-0.2, 0) is 0 Å². The smallest absolute Gasteiger partial charge is 0.0431 e. The van der Waals surface area contributed by atoms with Crippen molar-refractivity contribution in [3.63, 3.8) is 0 Å². The van der Waals surface area contributed by atoms with E-state index in [9.17, 15) is 0 Å². The van der Waals surface area contributed by atoms with Crippen molar-refractivity contribution in [1.29, 1.82) is 0 Å². The van der Waals surface area contributed by atoms with Gasteiger partial charge in [-0.05, 0) is 57.2 Å². The van der Waals surface area contributed by atoms with Crippen LogP contribution in [0.15, 0.2) is 0 Å². The van der Waals surface area contributed by atoms with Crippen molar-refractivity contribution in [2.24, 2.45) is 11.8 Å². The average molecular weight is 257 g/mol. The fraction of sp³-hybridized carbons (Fsp3) is 1.00. The van der Waals surface area contributed by atoms with Gasteiger partial charge in [0.2, 0.25) is 0 Å². The van der Waals surface area contributed by atoms with Gasteiger partial charge in [0.1, 0.15) is 0 Å². The van der Waals surface area contributed by atoms with E-state index < -0.39 is 0 Å². The molecule has 1 N–H and O–H groups in total. The molecule has 110 valence electrons. The SMILES string of the molecule is CC(C)CCN(CCCCCCO)CCC(C)C. The molecule has 18 heavy (non-hydrogen) atoms. The molecule has 0 aromatic rings. The van der Waals surface area contributed by atoms with Crippen molar-refractivity contribution in [2.75, 3.05) is 26.2 Å².